The van der Waals surface area contributed by atoms with Gasteiger partial charge in [-0.2, -0.15) is 0 Å². The number of nitrogens with zero attached hydrogens (tertiary/aromatic N) is 2. The lowest BCUT2D eigenvalue weighted by atomic mass is 9.61. The van der Waals surface area contributed by atoms with Crippen LogP contribution in [0.15, 0.2) is 24.5 Å². The first kappa shape index (κ1) is 25.5. The van der Waals surface area contributed by atoms with E-state index in [1.807, 2.05) is 39.0 Å². The van der Waals surface area contributed by atoms with Crippen LogP contribution >= 0.6 is 0 Å². The molecule has 9 nitrogen and oxygen atoms in total. The Hall–Kier alpha value is -2.78. The first-order valence-corrected chi connectivity index (χ1v) is 13.6. The van der Waals surface area contributed by atoms with Gasteiger partial charge in [-0.15, -0.1) is 0 Å². The number of fused-ring (bicyclic) bond motifs is 5. The van der Waals surface area contributed by atoms with Crippen molar-refractivity contribution >= 4 is 17.5 Å². The number of hydrogen-bond acceptors (Lipinski definition) is 7. The molecule has 0 aromatic heterocycles. The minimum atomic E-state index is -0.950. The van der Waals surface area contributed by atoms with Crippen LogP contribution in [0.3, 0.4) is 0 Å². The maximum absolute atomic E-state index is 13.8. The number of aliphatic hydroxyl groups is 2. The third kappa shape index (κ3) is 2.94. The number of nitrogens with one attached hydrogen (secondary N) is 1. The third-order valence-electron chi connectivity index (χ3n) is 10.8. The number of likely N-dealkylation sites (N-methyl/N-ethyl adjacent to an activating group) is 1. The summed E-state index contributed by atoms with van der Waals surface area (Å²) < 4.78 is 12.2. The summed E-state index contributed by atoms with van der Waals surface area (Å²) in [6, 6.07) is 3.03. The van der Waals surface area contributed by atoms with E-state index in [0.717, 1.165) is 5.56 Å². The molecule has 0 bridgehead atoms. The predicted octanol–water partition coefficient (Wildman–Crippen LogP) is 2.61. The summed E-state index contributed by atoms with van der Waals surface area (Å²) in [5.41, 5.74) is -0.955. The van der Waals surface area contributed by atoms with Crippen LogP contribution in [0, 0.1) is 17.3 Å². The molecule has 1 aromatic rings. The largest absolute Gasteiger partial charge is 0.480 e. The summed E-state index contributed by atoms with van der Waals surface area (Å²) in [4.78, 5) is 30.4. The maximum Gasteiger partial charge on any atom is 0.248 e. The average Bonchev–Trinajstić information content (AvgIpc) is 3.13. The highest BCUT2D eigenvalue weighted by Gasteiger charge is 2.73. The van der Waals surface area contributed by atoms with Gasteiger partial charge in [0.15, 0.2) is 11.5 Å². The highest BCUT2D eigenvalue weighted by Crippen LogP contribution is 2.69. The van der Waals surface area contributed by atoms with Gasteiger partial charge in [-0.05, 0) is 55.2 Å². The second-order valence-corrected chi connectivity index (χ2v) is 13.2. The Bertz CT molecular complexity index is 1260. The molecule has 0 radical (unpaired) electrons. The Balaban J connectivity index is 1.48. The van der Waals surface area contributed by atoms with Gasteiger partial charge in [0.1, 0.15) is 17.9 Å². The highest BCUT2D eigenvalue weighted by molar-refractivity contribution is 5.92. The van der Waals surface area contributed by atoms with Crippen molar-refractivity contribution < 1.29 is 29.3 Å². The SMILES string of the molecule is C[C@@H]1CC(=O)N2CC3(C[C@]4(c5ccc6c(c5NC4O)OC=CC(C)(C)O6)C(C)(C)[C@H]3C)N(C)C(=O)[C@H]2C1O. The van der Waals surface area contributed by atoms with E-state index in [4.69, 9.17) is 9.47 Å². The van der Waals surface area contributed by atoms with Gasteiger partial charge in [-0.25, -0.2) is 0 Å². The van der Waals surface area contributed by atoms with Gasteiger partial charge in [0.25, 0.3) is 0 Å². The summed E-state index contributed by atoms with van der Waals surface area (Å²) in [5, 5.41) is 26.0. The number of anilines is 1. The monoisotopic (exact) mass is 525 g/mol. The van der Waals surface area contributed by atoms with E-state index in [1.54, 1.807) is 23.1 Å². The zero-order valence-electron chi connectivity index (χ0n) is 23.2. The first-order chi connectivity index (χ1) is 17.7. The smallest absolute Gasteiger partial charge is 0.248 e. The number of hydrogen-bond donors (Lipinski definition) is 3. The van der Waals surface area contributed by atoms with E-state index in [2.05, 4.69) is 26.1 Å². The third-order valence-corrected chi connectivity index (χ3v) is 10.8. The number of carbonyl (C=O) groups excluding carboxylic acids is 2. The molecule has 9 heteroatoms. The fourth-order valence-electron chi connectivity index (χ4n) is 8.13. The molecule has 38 heavy (non-hydrogen) atoms. The van der Waals surface area contributed by atoms with Gasteiger partial charge >= 0.3 is 0 Å². The van der Waals surface area contributed by atoms with Crippen LogP contribution in [0.1, 0.15) is 59.9 Å². The fourth-order valence-corrected chi connectivity index (χ4v) is 8.13. The molecule has 3 fully saturated rings. The van der Waals surface area contributed by atoms with Gasteiger partial charge in [0.2, 0.25) is 11.8 Å². The Morgan fingerprint density at radius 2 is 1.82 bits per heavy atom. The standard InChI is InChI=1S/C29H39N3O6/c1-15-12-19(33)32-14-28(31(7)24(35)21(32)22(15)34)13-29(27(5,6)16(28)2)17-8-9-18-23(20(17)30-25(29)36)37-11-10-26(3,4)38-18/h8-11,15-16,21-22,25,30,34,36H,12-14H2,1-7H3/t15-,16-,21-,22?,25?,28?,29-/m1/s1. The van der Waals surface area contributed by atoms with Crippen LogP contribution in [0.5, 0.6) is 11.5 Å². The van der Waals surface area contributed by atoms with Crippen molar-refractivity contribution in [1.82, 2.24) is 9.80 Å². The molecule has 4 heterocycles. The molecule has 2 saturated heterocycles. The van der Waals surface area contributed by atoms with Crippen molar-refractivity contribution in [1.29, 1.82) is 0 Å². The van der Waals surface area contributed by atoms with Crippen LogP contribution in [-0.4, -0.2) is 74.9 Å². The average molecular weight is 526 g/mol. The van der Waals surface area contributed by atoms with E-state index in [0.29, 0.717) is 30.2 Å². The summed E-state index contributed by atoms with van der Waals surface area (Å²) >= 11 is 0. The lowest BCUT2D eigenvalue weighted by molar-refractivity contribution is -0.178. The van der Waals surface area contributed by atoms with Gasteiger partial charge in [-0.1, -0.05) is 33.8 Å². The van der Waals surface area contributed by atoms with E-state index in [1.165, 1.54) is 0 Å². The number of amides is 2. The van der Waals surface area contributed by atoms with E-state index in [9.17, 15) is 19.8 Å². The Morgan fingerprint density at radius 3 is 2.53 bits per heavy atom. The number of ether oxygens (including phenoxy) is 2. The number of rotatable bonds is 0. The normalized spacial score (nSPS) is 40.3. The number of carbonyl (C=O) groups is 2. The minimum absolute atomic E-state index is 0.0913. The molecule has 2 amide bonds. The zero-order valence-corrected chi connectivity index (χ0v) is 23.2. The Morgan fingerprint density at radius 1 is 1.11 bits per heavy atom. The first-order valence-electron chi connectivity index (χ1n) is 13.6. The number of aliphatic hydroxyl groups excluding tert-OH is 2. The molecule has 6 rings (SSSR count). The van der Waals surface area contributed by atoms with Gasteiger partial charge < -0.3 is 34.8 Å². The highest BCUT2D eigenvalue weighted by atomic mass is 16.5. The summed E-state index contributed by atoms with van der Waals surface area (Å²) in [6.07, 6.45) is 2.28. The van der Waals surface area contributed by atoms with E-state index < -0.39 is 40.3 Å². The minimum Gasteiger partial charge on any atom is -0.480 e. The van der Waals surface area contributed by atoms with E-state index in [-0.39, 0.29) is 30.1 Å². The van der Waals surface area contributed by atoms with E-state index >= 15 is 0 Å². The number of piperidine rings is 1. The van der Waals surface area contributed by atoms with Crippen molar-refractivity contribution in [3.63, 3.8) is 0 Å². The van der Waals surface area contributed by atoms with Crippen LogP contribution in [-0.2, 0) is 15.0 Å². The van der Waals surface area contributed by atoms with Gasteiger partial charge in [-0.3, -0.25) is 9.59 Å². The second kappa shape index (κ2) is 7.66. The van der Waals surface area contributed by atoms with Crippen molar-refractivity contribution in [3.05, 3.63) is 30.0 Å². The van der Waals surface area contributed by atoms with Gasteiger partial charge in [0.05, 0.1) is 23.6 Å². The maximum atomic E-state index is 13.8. The molecule has 4 aliphatic heterocycles. The van der Waals surface area contributed by atoms with Crippen LogP contribution in [0.25, 0.3) is 0 Å². The van der Waals surface area contributed by atoms with Crippen molar-refractivity contribution in [2.45, 2.75) is 89.3 Å². The topological polar surface area (TPSA) is 112 Å². The molecule has 7 atom stereocenters. The summed E-state index contributed by atoms with van der Waals surface area (Å²) in [6.45, 7) is 12.4. The Labute approximate surface area is 223 Å². The molecule has 5 aliphatic rings. The molecule has 1 aromatic carbocycles. The van der Waals surface area contributed by atoms with Crippen LogP contribution < -0.4 is 14.8 Å². The number of benzene rings is 1. The zero-order chi connectivity index (χ0) is 27.6. The molecule has 1 saturated carbocycles. The molecular weight excluding hydrogens is 486 g/mol. The lowest BCUT2D eigenvalue weighted by Crippen LogP contribution is -2.74. The molecular formula is C29H39N3O6. The second-order valence-electron chi connectivity index (χ2n) is 13.2. The Kier molecular flexibility index (Phi) is 5.14. The molecule has 3 N–H and O–H groups in total. The molecule has 3 unspecified atom stereocenters. The van der Waals surface area contributed by atoms with Crippen LogP contribution in [0.2, 0.25) is 0 Å². The van der Waals surface area contributed by atoms with Crippen LogP contribution in [0.4, 0.5) is 5.69 Å². The lowest BCUT2D eigenvalue weighted by Gasteiger charge is -2.56. The molecule has 206 valence electrons. The predicted molar refractivity (Wildman–Crippen MR) is 141 cm³/mol. The van der Waals surface area contributed by atoms with Crippen molar-refractivity contribution in [2.24, 2.45) is 17.3 Å². The molecule has 1 aliphatic carbocycles. The molecule has 2 spiro atoms. The summed E-state index contributed by atoms with van der Waals surface area (Å²) in [5.74, 6) is 0.407. The number of piperazine rings is 1. The summed E-state index contributed by atoms with van der Waals surface area (Å²) in [7, 11) is 1.79. The van der Waals surface area contributed by atoms with Gasteiger partial charge in [0, 0.05) is 25.4 Å². The van der Waals surface area contributed by atoms with Crippen molar-refractivity contribution in [3.8, 4) is 11.5 Å². The fraction of sp³-hybridized carbons (Fsp3) is 0.655. The van der Waals surface area contributed by atoms with Crippen molar-refractivity contribution in [2.75, 3.05) is 18.9 Å². The quantitative estimate of drug-likeness (QED) is 0.478.